The summed E-state index contributed by atoms with van der Waals surface area (Å²) in [6, 6.07) is 16.6. The van der Waals surface area contributed by atoms with E-state index in [2.05, 4.69) is 25.9 Å². The predicted octanol–water partition coefficient (Wildman–Crippen LogP) is 3.92. The van der Waals surface area contributed by atoms with E-state index in [4.69, 9.17) is 0 Å². The molecule has 2 aromatic carbocycles. The highest BCUT2D eigenvalue weighted by atomic mass is 16.2. The Balaban J connectivity index is 1.69. The second-order valence-corrected chi connectivity index (χ2v) is 6.71. The van der Waals surface area contributed by atoms with Crippen molar-refractivity contribution >= 4 is 29.1 Å². The van der Waals surface area contributed by atoms with E-state index in [9.17, 15) is 9.59 Å². The van der Waals surface area contributed by atoms with Crippen molar-refractivity contribution in [1.29, 1.82) is 0 Å². The van der Waals surface area contributed by atoms with Crippen molar-refractivity contribution < 1.29 is 9.59 Å². The summed E-state index contributed by atoms with van der Waals surface area (Å²) < 4.78 is 0. The number of anilines is 3. The minimum absolute atomic E-state index is 0.149. The predicted molar refractivity (Wildman–Crippen MR) is 114 cm³/mol. The smallest absolute Gasteiger partial charge is 0.274 e. The molecule has 29 heavy (non-hydrogen) atoms. The minimum atomic E-state index is -0.332. The number of nitrogens with zero attached hydrogens (tertiary/aromatic N) is 2. The van der Waals surface area contributed by atoms with Gasteiger partial charge in [-0.05, 0) is 55.3 Å². The molecule has 0 aliphatic rings. The molecule has 1 heterocycles. The third-order valence-corrected chi connectivity index (χ3v) is 4.25. The highest BCUT2D eigenvalue weighted by Gasteiger charge is 2.11. The molecule has 0 aliphatic heterocycles. The third-order valence-electron chi connectivity index (χ3n) is 4.25. The van der Waals surface area contributed by atoms with E-state index in [-0.39, 0.29) is 17.5 Å². The normalized spacial score (nSPS) is 10.3. The quantitative estimate of drug-likeness (QED) is 0.594. The Morgan fingerprint density at radius 3 is 2.21 bits per heavy atom. The summed E-state index contributed by atoms with van der Waals surface area (Å²) in [6.45, 7) is 5.88. The van der Waals surface area contributed by atoms with Gasteiger partial charge in [0.2, 0.25) is 11.9 Å². The lowest BCUT2D eigenvalue weighted by atomic mass is 10.1. The van der Waals surface area contributed by atoms with E-state index in [0.717, 1.165) is 5.56 Å². The Kier molecular flexibility index (Phi) is 6.19. The van der Waals surface area contributed by atoms with Crippen LogP contribution >= 0.6 is 0 Å². The van der Waals surface area contributed by atoms with E-state index in [0.29, 0.717) is 29.6 Å². The average molecular weight is 389 g/mol. The monoisotopic (exact) mass is 389 g/mol. The summed E-state index contributed by atoms with van der Waals surface area (Å²) in [6.07, 6.45) is 0. The van der Waals surface area contributed by atoms with Crippen molar-refractivity contribution in [2.45, 2.75) is 27.3 Å². The molecule has 7 nitrogen and oxygen atoms in total. The SMILES string of the molecule is CC(=O)Nc1ccc(NC(=O)c2cc(C)nc(NCc3ccccc3C)n2)cc1. The first-order valence-corrected chi connectivity index (χ1v) is 9.24. The van der Waals surface area contributed by atoms with Crippen LogP contribution in [-0.4, -0.2) is 21.8 Å². The fourth-order valence-corrected chi connectivity index (χ4v) is 2.78. The van der Waals surface area contributed by atoms with Gasteiger partial charge in [0, 0.05) is 30.5 Å². The van der Waals surface area contributed by atoms with Gasteiger partial charge in [0.1, 0.15) is 5.69 Å². The summed E-state index contributed by atoms with van der Waals surface area (Å²) in [4.78, 5) is 32.4. The van der Waals surface area contributed by atoms with Crippen LogP contribution in [0.25, 0.3) is 0 Å². The van der Waals surface area contributed by atoms with E-state index >= 15 is 0 Å². The molecular formula is C22H23N5O2. The number of rotatable bonds is 6. The molecule has 0 radical (unpaired) electrons. The zero-order valence-electron chi connectivity index (χ0n) is 16.6. The second-order valence-electron chi connectivity index (χ2n) is 6.71. The molecule has 0 atom stereocenters. The molecule has 1 aromatic heterocycles. The van der Waals surface area contributed by atoms with Crippen molar-refractivity contribution in [2.75, 3.05) is 16.0 Å². The first kappa shape index (κ1) is 20.0. The van der Waals surface area contributed by atoms with Crippen LogP contribution in [0, 0.1) is 13.8 Å². The van der Waals surface area contributed by atoms with Crippen LogP contribution in [0.2, 0.25) is 0 Å². The average Bonchev–Trinajstić information content (AvgIpc) is 2.68. The highest BCUT2D eigenvalue weighted by Crippen LogP contribution is 2.15. The molecule has 0 unspecified atom stereocenters. The van der Waals surface area contributed by atoms with Gasteiger partial charge in [-0.25, -0.2) is 9.97 Å². The van der Waals surface area contributed by atoms with Gasteiger partial charge in [0.05, 0.1) is 0 Å². The van der Waals surface area contributed by atoms with Crippen molar-refractivity contribution in [3.8, 4) is 0 Å². The lowest BCUT2D eigenvalue weighted by Crippen LogP contribution is -2.16. The second kappa shape index (κ2) is 8.97. The Hall–Kier alpha value is -3.74. The van der Waals surface area contributed by atoms with Crippen LogP contribution in [0.5, 0.6) is 0 Å². The number of aromatic nitrogens is 2. The maximum atomic E-state index is 12.6. The molecule has 0 aliphatic carbocycles. The lowest BCUT2D eigenvalue weighted by molar-refractivity contribution is -0.114. The largest absolute Gasteiger partial charge is 0.350 e. The fraction of sp³-hybridized carbons (Fsp3) is 0.182. The maximum Gasteiger partial charge on any atom is 0.274 e. The molecule has 0 bridgehead atoms. The number of carbonyl (C=O) groups is 2. The van der Waals surface area contributed by atoms with Gasteiger partial charge in [-0.15, -0.1) is 0 Å². The molecule has 0 saturated heterocycles. The van der Waals surface area contributed by atoms with Gasteiger partial charge in [-0.3, -0.25) is 9.59 Å². The Morgan fingerprint density at radius 1 is 0.897 bits per heavy atom. The maximum absolute atomic E-state index is 12.6. The Labute approximate surface area is 169 Å². The number of benzene rings is 2. The van der Waals surface area contributed by atoms with Crippen LogP contribution in [0.1, 0.15) is 34.2 Å². The van der Waals surface area contributed by atoms with Crippen LogP contribution in [0.3, 0.4) is 0 Å². The van der Waals surface area contributed by atoms with Crippen LogP contribution < -0.4 is 16.0 Å². The molecule has 148 valence electrons. The van der Waals surface area contributed by atoms with Gasteiger partial charge in [0.15, 0.2) is 0 Å². The van der Waals surface area contributed by atoms with E-state index in [1.807, 2.05) is 38.1 Å². The summed E-state index contributed by atoms with van der Waals surface area (Å²) in [5, 5.41) is 8.67. The zero-order valence-corrected chi connectivity index (χ0v) is 16.6. The minimum Gasteiger partial charge on any atom is -0.350 e. The third kappa shape index (κ3) is 5.62. The van der Waals surface area contributed by atoms with Crippen LogP contribution in [-0.2, 0) is 11.3 Å². The number of hydrogen-bond acceptors (Lipinski definition) is 5. The number of aryl methyl sites for hydroxylation is 2. The molecular weight excluding hydrogens is 366 g/mol. The standard InChI is InChI=1S/C22H23N5O2/c1-14-6-4-5-7-17(14)13-23-22-24-15(2)12-20(27-22)21(29)26-19-10-8-18(9-11-19)25-16(3)28/h4-12H,13H2,1-3H3,(H,25,28)(H,26,29)(H,23,24,27). The molecule has 3 rings (SSSR count). The Bertz CT molecular complexity index is 1030. The first-order valence-electron chi connectivity index (χ1n) is 9.24. The molecule has 0 spiro atoms. The van der Waals surface area contributed by atoms with Gasteiger partial charge in [-0.2, -0.15) is 0 Å². The topological polar surface area (TPSA) is 96.0 Å². The summed E-state index contributed by atoms with van der Waals surface area (Å²) >= 11 is 0. The lowest BCUT2D eigenvalue weighted by Gasteiger charge is -2.10. The van der Waals surface area contributed by atoms with E-state index in [1.165, 1.54) is 12.5 Å². The van der Waals surface area contributed by atoms with Gasteiger partial charge < -0.3 is 16.0 Å². The van der Waals surface area contributed by atoms with Gasteiger partial charge in [0.25, 0.3) is 5.91 Å². The summed E-state index contributed by atoms with van der Waals surface area (Å²) in [5.74, 6) is -0.0786. The van der Waals surface area contributed by atoms with Gasteiger partial charge in [-0.1, -0.05) is 24.3 Å². The first-order chi connectivity index (χ1) is 13.9. The van der Waals surface area contributed by atoms with Gasteiger partial charge >= 0.3 is 0 Å². The number of nitrogens with one attached hydrogen (secondary N) is 3. The van der Waals surface area contributed by atoms with Crippen LogP contribution in [0.15, 0.2) is 54.6 Å². The highest BCUT2D eigenvalue weighted by molar-refractivity contribution is 6.03. The van der Waals surface area contributed by atoms with Crippen molar-refractivity contribution in [3.05, 3.63) is 77.1 Å². The van der Waals surface area contributed by atoms with E-state index in [1.54, 1.807) is 30.3 Å². The fourth-order valence-electron chi connectivity index (χ4n) is 2.78. The molecule has 0 fully saturated rings. The molecule has 3 aromatic rings. The number of carbonyl (C=O) groups excluding carboxylic acids is 2. The number of amides is 2. The van der Waals surface area contributed by atoms with E-state index < -0.39 is 0 Å². The van der Waals surface area contributed by atoms with Crippen molar-refractivity contribution in [1.82, 2.24) is 9.97 Å². The molecule has 2 amide bonds. The molecule has 3 N–H and O–H groups in total. The molecule has 7 heteroatoms. The Morgan fingerprint density at radius 2 is 1.55 bits per heavy atom. The zero-order chi connectivity index (χ0) is 20.8. The van der Waals surface area contributed by atoms with Crippen LogP contribution in [0.4, 0.5) is 17.3 Å². The van der Waals surface area contributed by atoms with Crippen molar-refractivity contribution in [2.24, 2.45) is 0 Å². The number of hydrogen-bond donors (Lipinski definition) is 3. The van der Waals surface area contributed by atoms with Crippen molar-refractivity contribution in [3.63, 3.8) is 0 Å². The molecule has 0 saturated carbocycles. The summed E-state index contributed by atoms with van der Waals surface area (Å²) in [7, 11) is 0. The summed E-state index contributed by atoms with van der Waals surface area (Å²) in [5.41, 5.74) is 4.55.